The number of rotatable bonds is 5. The molecule has 114 valence electrons. The molecule has 1 aromatic heterocycles. The summed E-state index contributed by atoms with van der Waals surface area (Å²) in [6.45, 7) is 5.09. The Hall–Kier alpha value is -1.71. The number of para-hydroxylation sites is 1. The second-order valence-electron chi connectivity index (χ2n) is 6.10. The summed E-state index contributed by atoms with van der Waals surface area (Å²) in [6, 6.07) is 6.52. The van der Waals surface area contributed by atoms with Gasteiger partial charge in [0.1, 0.15) is 11.3 Å². The van der Waals surface area contributed by atoms with Crippen molar-refractivity contribution in [1.29, 1.82) is 0 Å². The Bertz CT molecular complexity index is 614. The van der Waals surface area contributed by atoms with E-state index in [1.165, 1.54) is 25.7 Å². The molecule has 0 saturated heterocycles. The standard InChI is InChI=1S/C17H25N3O/c1-3-11-21-15-10-6-9-14-16(15)19-17(18)20(14)12(2)13-7-4-5-8-13/h6,9-10,12-13H,3-5,7-8,11H2,1-2H3,(H2,18,19). The summed E-state index contributed by atoms with van der Waals surface area (Å²) in [7, 11) is 0. The van der Waals surface area contributed by atoms with Gasteiger partial charge in [0, 0.05) is 6.04 Å². The van der Waals surface area contributed by atoms with Crippen molar-refractivity contribution < 1.29 is 4.74 Å². The number of hydrogen-bond acceptors (Lipinski definition) is 3. The van der Waals surface area contributed by atoms with Gasteiger partial charge in [-0.15, -0.1) is 0 Å². The van der Waals surface area contributed by atoms with Crippen LogP contribution in [0.1, 0.15) is 52.0 Å². The Labute approximate surface area is 126 Å². The third-order valence-corrected chi connectivity index (χ3v) is 4.66. The number of imidazole rings is 1. The molecule has 4 nitrogen and oxygen atoms in total. The lowest BCUT2D eigenvalue weighted by molar-refractivity contribution is 0.320. The first-order valence-electron chi connectivity index (χ1n) is 8.11. The first-order valence-corrected chi connectivity index (χ1v) is 8.11. The highest BCUT2D eigenvalue weighted by molar-refractivity contribution is 5.84. The number of benzene rings is 1. The van der Waals surface area contributed by atoms with Crippen LogP contribution in [0.5, 0.6) is 5.75 Å². The van der Waals surface area contributed by atoms with E-state index in [0.717, 1.165) is 23.2 Å². The molecule has 0 amide bonds. The fraction of sp³-hybridized carbons (Fsp3) is 0.588. The molecule has 1 aromatic carbocycles. The van der Waals surface area contributed by atoms with Crippen LogP contribution in [0.2, 0.25) is 0 Å². The fourth-order valence-corrected chi connectivity index (χ4v) is 3.52. The van der Waals surface area contributed by atoms with Crippen molar-refractivity contribution in [1.82, 2.24) is 9.55 Å². The van der Waals surface area contributed by atoms with Crippen LogP contribution in [0.25, 0.3) is 11.0 Å². The van der Waals surface area contributed by atoms with Crippen LogP contribution >= 0.6 is 0 Å². The number of ether oxygens (including phenoxy) is 1. The minimum Gasteiger partial charge on any atom is -0.491 e. The Morgan fingerprint density at radius 3 is 2.86 bits per heavy atom. The predicted molar refractivity (Wildman–Crippen MR) is 86.6 cm³/mol. The Kier molecular flexibility index (Phi) is 4.04. The van der Waals surface area contributed by atoms with Gasteiger partial charge >= 0.3 is 0 Å². The molecule has 0 spiro atoms. The number of nitrogens with two attached hydrogens (primary N) is 1. The number of fused-ring (bicyclic) bond motifs is 1. The van der Waals surface area contributed by atoms with Gasteiger partial charge in [-0.3, -0.25) is 0 Å². The van der Waals surface area contributed by atoms with E-state index < -0.39 is 0 Å². The van der Waals surface area contributed by atoms with E-state index in [-0.39, 0.29) is 0 Å². The largest absolute Gasteiger partial charge is 0.491 e. The molecule has 2 aromatic rings. The van der Waals surface area contributed by atoms with Gasteiger partial charge in [-0.1, -0.05) is 25.8 Å². The number of anilines is 1. The second-order valence-corrected chi connectivity index (χ2v) is 6.10. The van der Waals surface area contributed by atoms with Crippen LogP contribution in [0, 0.1) is 5.92 Å². The molecule has 1 saturated carbocycles. The zero-order chi connectivity index (χ0) is 14.8. The van der Waals surface area contributed by atoms with E-state index in [9.17, 15) is 0 Å². The molecule has 2 N–H and O–H groups in total. The third kappa shape index (κ3) is 2.59. The first kappa shape index (κ1) is 14.2. The summed E-state index contributed by atoms with van der Waals surface area (Å²) in [5.41, 5.74) is 8.21. The molecular formula is C17H25N3O. The molecule has 1 unspecified atom stereocenters. The molecule has 1 fully saturated rings. The highest BCUT2D eigenvalue weighted by Gasteiger charge is 2.26. The lowest BCUT2D eigenvalue weighted by atomic mass is 9.99. The molecule has 1 aliphatic rings. The smallest absolute Gasteiger partial charge is 0.201 e. The van der Waals surface area contributed by atoms with E-state index in [0.29, 0.717) is 24.5 Å². The van der Waals surface area contributed by atoms with Crippen LogP contribution in [0.4, 0.5) is 5.95 Å². The molecular weight excluding hydrogens is 262 g/mol. The number of aromatic nitrogens is 2. The van der Waals surface area contributed by atoms with E-state index in [1.807, 2.05) is 12.1 Å². The van der Waals surface area contributed by atoms with E-state index in [4.69, 9.17) is 10.5 Å². The summed E-state index contributed by atoms with van der Waals surface area (Å²) in [6.07, 6.45) is 6.27. The summed E-state index contributed by atoms with van der Waals surface area (Å²) in [5, 5.41) is 0. The van der Waals surface area contributed by atoms with E-state index >= 15 is 0 Å². The molecule has 3 rings (SSSR count). The summed E-state index contributed by atoms with van der Waals surface area (Å²) >= 11 is 0. The maximum absolute atomic E-state index is 6.22. The van der Waals surface area contributed by atoms with Gasteiger partial charge in [0.15, 0.2) is 0 Å². The minimum atomic E-state index is 0.402. The van der Waals surface area contributed by atoms with Crippen molar-refractivity contribution in [2.75, 3.05) is 12.3 Å². The topological polar surface area (TPSA) is 53.1 Å². The average Bonchev–Trinajstić information content (AvgIpc) is 3.11. The molecule has 0 aliphatic heterocycles. The zero-order valence-electron chi connectivity index (χ0n) is 13.0. The fourth-order valence-electron chi connectivity index (χ4n) is 3.52. The van der Waals surface area contributed by atoms with Gasteiger partial charge in [0.25, 0.3) is 0 Å². The molecule has 1 atom stereocenters. The van der Waals surface area contributed by atoms with Gasteiger partial charge in [-0.05, 0) is 44.2 Å². The molecule has 0 radical (unpaired) electrons. The number of hydrogen-bond donors (Lipinski definition) is 1. The lowest BCUT2D eigenvalue weighted by Crippen LogP contribution is -2.16. The summed E-state index contributed by atoms with van der Waals surface area (Å²) < 4.78 is 8.01. The Morgan fingerprint density at radius 1 is 1.38 bits per heavy atom. The quantitative estimate of drug-likeness (QED) is 0.898. The average molecular weight is 287 g/mol. The molecule has 0 bridgehead atoms. The number of nitrogens with zero attached hydrogens (tertiary/aromatic N) is 2. The Balaban J connectivity index is 2.00. The van der Waals surface area contributed by atoms with Gasteiger partial charge in [0.05, 0.1) is 12.1 Å². The van der Waals surface area contributed by atoms with Crippen LogP contribution in [-0.2, 0) is 0 Å². The SMILES string of the molecule is CCCOc1cccc2c1nc(N)n2C(C)C1CCCC1. The molecule has 4 heteroatoms. The van der Waals surface area contributed by atoms with Crippen molar-refractivity contribution in [2.45, 2.75) is 52.0 Å². The molecule has 21 heavy (non-hydrogen) atoms. The van der Waals surface area contributed by atoms with Gasteiger partial charge in [-0.25, -0.2) is 4.98 Å². The summed E-state index contributed by atoms with van der Waals surface area (Å²) in [4.78, 5) is 4.57. The van der Waals surface area contributed by atoms with E-state index in [2.05, 4.69) is 29.5 Å². The van der Waals surface area contributed by atoms with Crippen molar-refractivity contribution in [3.63, 3.8) is 0 Å². The lowest BCUT2D eigenvalue weighted by Gasteiger charge is -2.22. The van der Waals surface area contributed by atoms with E-state index in [1.54, 1.807) is 0 Å². The van der Waals surface area contributed by atoms with Crippen molar-refractivity contribution in [3.8, 4) is 5.75 Å². The normalized spacial score (nSPS) is 17.4. The highest BCUT2D eigenvalue weighted by atomic mass is 16.5. The Morgan fingerprint density at radius 2 is 2.14 bits per heavy atom. The monoisotopic (exact) mass is 287 g/mol. The van der Waals surface area contributed by atoms with Crippen LogP contribution < -0.4 is 10.5 Å². The highest BCUT2D eigenvalue weighted by Crippen LogP contribution is 2.38. The summed E-state index contributed by atoms with van der Waals surface area (Å²) in [5.74, 6) is 2.17. The molecule has 1 heterocycles. The predicted octanol–water partition coefficient (Wildman–Crippen LogP) is 4.16. The third-order valence-electron chi connectivity index (χ3n) is 4.66. The first-order chi connectivity index (χ1) is 10.2. The molecule has 1 aliphatic carbocycles. The van der Waals surface area contributed by atoms with Crippen molar-refractivity contribution in [2.24, 2.45) is 5.92 Å². The maximum atomic E-state index is 6.22. The maximum Gasteiger partial charge on any atom is 0.201 e. The van der Waals surface area contributed by atoms with Crippen LogP contribution in [-0.4, -0.2) is 16.2 Å². The minimum absolute atomic E-state index is 0.402. The second kappa shape index (κ2) is 5.96. The van der Waals surface area contributed by atoms with Crippen LogP contribution in [0.3, 0.4) is 0 Å². The van der Waals surface area contributed by atoms with Gasteiger partial charge in [-0.2, -0.15) is 0 Å². The zero-order valence-corrected chi connectivity index (χ0v) is 13.0. The van der Waals surface area contributed by atoms with Crippen LogP contribution in [0.15, 0.2) is 18.2 Å². The van der Waals surface area contributed by atoms with Gasteiger partial charge in [0.2, 0.25) is 5.95 Å². The van der Waals surface area contributed by atoms with Gasteiger partial charge < -0.3 is 15.0 Å². The number of nitrogen functional groups attached to an aromatic ring is 1. The van der Waals surface area contributed by atoms with Crippen molar-refractivity contribution >= 4 is 17.0 Å². The van der Waals surface area contributed by atoms with Crippen molar-refractivity contribution in [3.05, 3.63) is 18.2 Å².